The van der Waals surface area contributed by atoms with Gasteiger partial charge in [0.2, 0.25) is 6.93 Å². The first-order chi connectivity index (χ1) is 21.7. The molecule has 0 saturated heterocycles. The van der Waals surface area contributed by atoms with Crippen molar-refractivity contribution >= 4 is 0 Å². The van der Waals surface area contributed by atoms with E-state index in [0.717, 1.165) is 51.4 Å². The van der Waals surface area contributed by atoms with Gasteiger partial charge >= 0.3 is 42.3 Å². The lowest BCUT2D eigenvalue weighted by Gasteiger charge is -2.42. The highest BCUT2D eigenvalue weighted by Gasteiger charge is 2.85. The van der Waals surface area contributed by atoms with Gasteiger partial charge in [0.1, 0.15) is 0 Å². The lowest BCUT2D eigenvalue weighted by Crippen LogP contribution is -2.68. The molecule has 0 aromatic carbocycles. The van der Waals surface area contributed by atoms with Gasteiger partial charge in [-0.3, -0.25) is 0 Å². The molecule has 20 heteroatoms. The predicted molar refractivity (Wildman–Crippen MR) is 134 cm³/mol. The highest BCUT2D eigenvalue weighted by atomic mass is 19.4. The molecule has 48 heavy (non-hydrogen) atoms. The molecule has 288 valence electrons. The molecule has 2 aliphatic carbocycles. The van der Waals surface area contributed by atoms with Crippen molar-refractivity contribution in [1.82, 2.24) is 0 Å². The Morgan fingerprint density at radius 3 is 1.25 bits per heavy atom. The lowest BCUT2D eigenvalue weighted by molar-refractivity contribution is -0.460. The third-order valence-electron chi connectivity index (χ3n) is 9.19. The van der Waals surface area contributed by atoms with Crippen molar-refractivity contribution in [3.8, 4) is 0 Å². The molecule has 0 aromatic rings. The van der Waals surface area contributed by atoms with E-state index in [1.807, 2.05) is 0 Å². The Morgan fingerprint density at radius 1 is 0.521 bits per heavy atom. The monoisotopic (exact) mass is 748 g/mol. The van der Waals surface area contributed by atoms with Gasteiger partial charge in [-0.2, -0.15) is 70.2 Å². The Hall–Kier alpha value is -1.34. The van der Waals surface area contributed by atoms with Crippen LogP contribution in [0.2, 0.25) is 0 Å². The second kappa shape index (κ2) is 17.2. The summed E-state index contributed by atoms with van der Waals surface area (Å²) in [7, 11) is 0. The minimum atomic E-state index is -7.19. The van der Waals surface area contributed by atoms with Crippen LogP contribution in [-0.4, -0.2) is 62.5 Å². The van der Waals surface area contributed by atoms with Gasteiger partial charge in [-0.15, -0.1) is 0 Å². The van der Waals surface area contributed by atoms with Crippen LogP contribution in [0.1, 0.15) is 84.0 Å². The van der Waals surface area contributed by atoms with E-state index in [1.165, 1.54) is 0 Å². The highest BCUT2D eigenvalue weighted by Crippen LogP contribution is 2.56. The molecule has 2 rings (SSSR count). The zero-order valence-electron chi connectivity index (χ0n) is 25.6. The first kappa shape index (κ1) is 44.7. The standard InChI is InChI=1S/C27H36F16O2.CH2F2/c1-2-3-4-5-16-6-8-17(9-7-16)18-10-12-19(13-11-18)20(15-45-22(28,26(38,39)40)27(41,42)43)14-44-21(23(29,30)31,24(32,33)34)25(35,36)37;2-1-3/h16-20H,2-15H2,1H3;1H2. The molecular formula is C28H38F18O2. The van der Waals surface area contributed by atoms with Crippen molar-refractivity contribution in [1.29, 1.82) is 0 Å². The zero-order valence-corrected chi connectivity index (χ0v) is 25.6. The number of ether oxygens (including phenoxy) is 2. The molecule has 0 aromatic heterocycles. The number of hydrogen-bond donors (Lipinski definition) is 0. The fraction of sp³-hybridized carbons (Fsp3) is 1.00. The van der Waals surface area contributed by atoms with Gasteiger partial charge < -0.3 is 9.47 Å². The molecule has 2 fully saturated rings. The first-order valence-corrected chi connectivity index (χ1v) is 15.2. The molecule has 0 spiro atoms. The van der Waals surface area contributed by atoms with Gasteiger partial charge in [0.15, 0.2) is 0 Å². The van der Waals surface area contributed by atoms with Crippen molar-refractivity contribution in [3.63, 3.8) is 0 Å². The summed E-state index contributed by atoms with van der Waals surface area (Å²) in [5, 5.41) is 0. The third-order valence-corrected chi connectivity index (χ3v) is 9.19. The van der Waals surface area contributed by atoms with E-state index >= 15 is 0 Å². The van der Waals surface area contributed by atoms with E-state index in [1.54, 1.807) is 0 Å². The van der Waals surface area contributed by atoms with Gasteiger partial charge in [-0.05, 0) is 62.2 Å². The molecule has 0 radical (unpaired) electrons. The molecule has 1 unspecified atom stereocenters. The van der Waals surface area contributed by atoms with Crippen LogP contribution in [0.4, 0.5) is 79.0 Å². The Kier molecular flexibility index (Phi) is 16.1. The largest absolute Gasteiger partial charge is 0.458 e. The summed E-state index contributed by atoms with van der Waals surface area (Å²) in [5.74, 6) is -9.41. The SMILES string of the molecule is CCCCCC1CCC(C2CCC(C(COC(F)(C(F)(F)F)C(F)(F)F)COC(C(F)(F)F)(C(F)(F)F)C(F)(F)F)CC2)CC1.FCF. The Balaban J connectivity index is 0.00000369. The van der Waals surface area contributed by atoms with Crippen LogP contribution in [0.15, 0.2) is 0 Å². The van der Waals surface area contributed by atoms with Crippen LogP contribution in [0.3, 0.4) is 0 Å². The van der Waals surface area contributed by atoms with Crippen LogP contribution in [0.25, 0.3) is 0 Å². The fourth-order valence-corrected chi connectivity index (χ4v) is 6.55. The lowest BCUT2D eigenvalue weighted by atomic mass is 9.67. The quantitative estimate of drug-likeness (QED) is 0.146. The van der Waals surface area contributed by atoms with Gasteiger partial charge in [-0.25, -0.2) is 8.78 Å². The minimum Gasteiger partial charge on any atom is -0.351 e. The highest BCUT2D eigenvalue weighted by molar-refractivity contribution is 5.03. The van der Waals surface area contributed by atoms with Crippen molar-refractivity contribution in [3.05, 3.63) is 0 Å². The normalized spacial score (nSPS) is 24.6. The number of rotatable bonds is 12. The summed E-state index contributed by atoms with van der Waals surface area (Å²) in [6, 6.07) is 0. The molecule has 0 N–H and O–H groups in total. The molecule has 1 atom stereocenters. The molecule has 2 aliphatic rings. The second-order valence-corrected chi connectivity index (χ2v) is 12.2. The van der Waals surface area contributed by atoms with E-state index in [0.29, 0.717) is 5.92 Å². The number of halogens is 18. The maximum absolute atomic E-state index is 14.2. The summed E-state index contributed by atoms with van der Waals surface area (Å²) < 4.78 is 239. The smallest absolute Gasteiger partial charge is 0.351 e. The second-order valence-electron chi connectivity index (χ2n) is 12.2. The molecular weight excluding hydrogens is 710 g/mol. The number of alkyl halides is 18. The Bertz CT molecular complexity index is 858. The zero-order chi connectivity index (χ0) is 37.4. The summed E-state index contributed by atoms with van der Waals surface area (Å²) in [6.07, 6.45) is -27.4. The molecule has 0 bridgehead atoms. The van der Waals surface area contributed by atoms with Crippen LogP contribution >= 0.6 is 0 Å². The van der Waals surface area contributed by atoms with Crippen LogP contribution in [0, 0.1) is 29.6 Å². The van der Waals surface area contributed by atoms with E-state index in [9.17, 15) is 79.0 Å². The molecule has 2 saturated carbocycles. The molecule has 0 amide bonds. The van der Waals surface area contributed by atoms with Gasteiger partial charge in [0, 0.05) is 5.92 Å². The van der Waals surface area contributed by atoms with Gasteiger partial charge in [0.05, 0.1) is 13.2 Å². The van der Waals surface area contributed by atoms with E-state index in [2.05, 4.69) is 16.4 Å². The van der Waals surface area contributed by atoms with Crippen LogP contribution in [-0.2, 0) is 9.47 Å². The van der Waals surface area contributed by atoms with Gasteiger partial charge in [-0.1, -0.05) is 45.4 Å². The molecule has 2 nitrogen and oxygen atoms in total. The van der Waals surface area contributed by atoms with Crippen LogP contribution in [0.5, 0.6) is 0 Å². The van der Waals surface area contributed by atoms with E-state index < -0.39 is 74.3 Å². The van der Waals surface area contributed by atoms with Crippen molar-refractivity contribution in [2.24, 2.45) is 29.6 Å². The van der Waals surface area contributed by atoms with Crippen molar-refractivity contribution in [2.45, 2.75) is 126 Å². The maximum Gasteiger partial charge on any atom is 0.458 e. The molecule has 0 heterocycles. The predicted octanol–water partition coefficient (Wildman–Crippen LogP) is 11.9. The van der Waals surface area contributed by atoms with E-state index in [4.69, 9.17) is 0 Å². The van der Waals surface area contributed by atoms with Crippen molar-refractivity contribution < 1.29 is 88.5 Å². The molecule has 0 aliphatic heterocycles. The summed E-state index contributed by atoms with van der Waals surface area (Å²) >= 11 is 0. The van der Waals surface area contributed by atoms with E-state index in [-0.39, 0.29) is 37.5 Å². The fourth-order valence-electron chi connectivity index (χ4n) is 6.55. The number of unbranched alkanes of at least 4 members (excludes halogenated alkanes) is 2. The summed E-state index contributed by atoms with van der Waals surface area (Å²) in [4.78, 5) is 0. The first-order valence-electron chi connectivity index (χ1n) is 15.2. The topological polar surface area (TPSA) is 18.5 Å². The average Bonchev–Trinajstić information content (AvgIpc) is 2.92. The summed E-state index contributed by atoms with van der Waals surface area (Å²) in [5.41, 5.74) is -6.82. The average molecular weight is 749 g/mol. The third kappa shape index (κ3) is 10.8. The Labute approximate surface area is 265 Å². The van der Waals surface area contributed by atoms with Crippen LogP contribution < -0.4 is 0 Å². The minimum absolute atomic E-state index is 0.0365. The summed E-state index contributed by atoms with van der Waals surface area (Å²) in [6.45, 7) is -4.09. The van der Waals surface area contributed by atoms with Gasteiger partial charge in [0.25, 0.3) is 0 Å². The van der Waals surface area contributed by atoms with Crippen molar-refractivity contribution in [2.75, 3.05) is 20.1 Å². The maximum atomic E-state index is 14.2. The Morgan fingerprint density at radius 2 is 0.896 bits per heavy atom. The number of hydrogen-bond acceptors (Lipinski definition) is 2.